The molecule has 4 amide bonds. The van der Waals surface area contributed by atoms with Crippen LogP contribution in [0.1, 0.15) is 57.4 Å². The molecule has 1 aromatic carbocycles. The molecule has 0 saturated carbocycles. The van der Waals surface area contributed by atoms with Gasteiger partial charge in [-0.3, -0.25) is 24.7 Å². The van der Waals surface area contributed by atoms with Gasteiger partial charge in [0.15, 0.2) is 6.10 Å². The van der Waals surface area contributed by atoms with Crippen LogP contribution in [-0.4, -0.2) is 77.4 Å². The van der Waals surface area contributed by atoms with Gasteiger partial charge in [0.2, 0.25) is 11.8 Å². The summed E-state index contributed by atoms with van der Waals surface area (Å²) < 4.78 is 10.9. The molecule has 2 aliphatic rings. The van der Waals surface area contributed by atoms with Crippen molar-refractivity contribution in [2.75, 3.05) is 13.7 Å². The average Bonchev–Trinajstić information content (AvgIpc) is 3.59. The number of aromatic nitrogens is 1. The second kappa shape index (κ2) is 12.0. The Bertz CT molecular complexity index is 1300. The van der Waals surface area contributed by atoms with E-state index in [-0.39, 0.29) is 35.8 Å². The van der Waals surface area contributed by atoms with Crippen molar-refractivity contribution < 1.29 is 28.7 Å². The number of ether oxygens (including phenoxy) is 2. The van der Waals surface area contributed by atoms with Crippen LogP contribution in [0.25, 0.3) is 10.9 Å². The van der Waals surface area contributed by atoms with Gasteiger partial charge in [-0.15, -0.1) is 0 Å². The van der Waals surface area contributed by atoms with Gasteiger partial charge >= 0.3 is 6.09 Å². The van der Waals surface area contributed by atoms with Gasteiger partial charge in [0.25, 0.3) is 5.91 Å². The number of methoxy groups -OCH3 is 1. The van der Waals surface area contributed by atoms with E-state index in [0.29, 0.717) is 25.1 Å². The van der Waals surface area contributed by atoms with Crippen molar-refractivity contribution in [2.24, 2.45) is 11.8 Å². The maximum absolute atomic E-state index is 13.7. The summed E-state index contributed by atoms with van der Waals surface area (Å²) in [6.07, 6.45) is -0.611. The highest BCUT2D eigenvalue weighted by Gasteiger charge is 2.45. The van der Waals surface area contributed by atoms with Gasteiger partial charge < -0.3 is 30.4 Å². The molecule has 12 nitrogen and oxygen atoms in total. The van der Waals surface area contributed by atoms with Crippen molar-refractivity contribution in [3.63, 3.8) is 0 Å². The van der Waals surface area contributed by atoms with Gasteiger partial charge in [0, 0.05) is 29.4 Å². The molecular weight excluding hydrogens is 516 g/mol. The van der Waals surface area contributed by atoms with Crippen LogP contribution in [0, 0.1) is 17.2 Å². The normalized spacial score (nSPS) is 20.6. The van der Waals surface area contributed by atoms with Crippen molar-refractivity contribution >= 4 is 40.6 Å². The lowest BCUT2D eigenvalue weighted by molar-refractivity contribution is -0.126. The number of amides is 4. The van der Waals surface area contributed by atoms with Crippen molar-refractivity contribution in [1.82, 2.24) is 25.8 Å². The monoisotopic (exact) mass is 554 g/mol. The molecule has 1 aromatic heterocycles. The number of H-pyrrole nitrogens is 1. The Morgan fingerprint density at radius 3 is 2.55 bits per heavy atom. The molecule has 12 heteroatoms. The van der Waals surface area contributed by atoms with Gasteiger partial charge in [-0.05, 0) is 57.2 Å². The zero-order valence-electron chi connectivity index (χ0n) is 23.5. The Kier molecular flexibility index (Phi) is 8.65. The molecule has 4 rings (SSSR count). The van der Waals surface area contributed by atoms with E-state index in [9.17, 15) is 19.2 Å². The van der Waals surface area contributed by atoms with Crippen LogP contribution in [0.15, 0.2) is 24.3 Å². The number of fused-ring (bicyclic) bond motifs is 1. The summed E-state index contributed by atoms with van der Waals surface area (Å²) in [6, 6.07) is 5.07. The fraction of sp³-hybridized carbons (Fsp3) is 0.536. The van der Waals surface area contributed by atoms with E-state index in [1.807, 2.05) is 26.0 Å². The standard InChI is InChI=1S/C28H38N6O6/c1-14(2)11-20(33-27(37)21-13-17-18(31-21)7-6-8-22(17)39-5)26(36)32-19(12-16-9-10-30-25(16)35)23-24(29)34(15(3)4)28(38)40-23/h6-8,13-16,19-20,23,29,31H,9-12H2,1-5H3,(H,30,35)(H,32,36)(H,33,37)/t16-,19-,20-,23?/m0/s1. The SMILES string of the molecule is COc1cccc2[nH]c(C(=O)N[C@@H](CC(C)C)C(=O)N[C@@H](C[C@@H]3CCNC3=O)C3OC(=O)N(C(C)C)C3=N)cc12. The van der Waals surface area contributed by atoms with Crippen LogP contribution < -0.4 is 20.7 Å². The lowest BCUT2D eigenvalue weighted by Gasteiger charge is -2.28. The Morgan fingerprint density at radius 1 is 1.20 bits per heavy atom. The highest BCUT2D eigenvalue weighted by atomic mass is 16.6. The molecule has 2 fully saturated rings. The summed E-state index contributed by atoms with van der Waals surface area (Å²) >= 11 is 0. The second-order valence-corrected chi connectivity index (χ2v) is 11.0. The summed E-state index contributed by atoms with van der Waals surface area (Å²) in [6.45, 7) is 7.94. The number of aromatic amines is 1. The number of hydrogen-bond acceptors (Lipinski definition) is 7. The first-order valence-electron chi connectivity index (χ1n) is 13.6. The van der Waals surface area contributed by atoms with Gasteiger partial charge in [-0.2, -0.15) is 0 Å². The fourth-order valence-corrected chi connectivity index (χ4v) is 5.30. The Labute approximate surface area is 233 Å². The number of nitrogens with zero attached hydrogens (tertiary/aromatic N) is 1. The van der Waals surface area contributed by atoms with Crippen LogP contribution in [0.4, 0.5) is 4.79 Å². The van der Waals surface area contributed by atoms with Crippen LogP contribution in [0.3, 0.4) is 0 Å². The Hall–Kier alpha value is -4.09. The molecule has 4 atom stereocenters. The smallest absolute Gasteiger partial charge is 0.416 e. The number of rotatable bonds is 11. The maximum atomic E-state index is 13.7. The Morgan fingerprint density at radius 2 is 1.95 bits per heavy atom. The molecule has 40 heavy (non-hydrogen) atoms. The molecule has 2 aromatic rings. The minimum Gasteiger partial charge on any atom is -0.496 e. The van der Waals surface area contributed by atoms with Crippen molar-refractivity contribution in [3.8, 4) is 5.75 Å². The molecule has 3 heterocycles. The van der Waals surface area contributed by atoms with Gasteiger partial charge in [-0.25, -0.2) is 4.79 Å². The summed E-state index contributed by atoms with van der Waals surface area (Å²) in [7, 11) is 1.55. The molecule has 0 spiro atoms. The van der Waals surface area contributed by atoms with E-state index in [1.54, 1.807) is 33.1 Å². The van der Waals surface area contributed by atoms with E-state index >= 15 is 0 Å². The predicted molar refractivity (Wildman–Crippen MR) is 148 cm³/mol. The predicted octanol–water partition coefficient (Wildman–Crippen LogP) is 2.54. The molecule has 2 aliphatic heterocycles. The quantitative estimate of drug-likeness (QED) is 0.286. The third kappa shape index (κ3) is 6.05. The number of benzene rings is 1. The summed E-state index contributed by atoms with van der Waals surface area (Å²) in [5, 5.41) is 17.9. The van der Waals surface area contributed by atoms with Crippen molar-refractivity contribution in [3.05, 3.63) is 30.0 Å². The molecule has 0 aliphatic carbocycles. The first kappa shape index (κ1) is 28.9. The first-order chi connectivity index (χ1) is 19.0. The van der Waals surface area contributed by atoms with Gasteiger partial charge in [-0.1, -0.05) is 19.9 Å². The Balaban J connectivity index is 1.55. The lowest BCUT2D eigenvalue weighted by atomic mass is 9.93. The van der Waals surface area contributed by atoms with Gasteiger partial charge in [0.1, 0.15) is 23.3 Å². The van der Waals surface area contributed by atoms with E-state index in [1.165, 1.54) is 4.90 Å². The third-order valence-corrected chi connectivity index (χ3v) is 7.28. The third-order valence-electron chi connectivity index (χ3n) is 7.28. The molecule has 2 saturated heterocycles. The van der Waals surface area contributed by atoms with E-state index in [2.05, 4.69) is 20.9 Å². The minimum absolute atomic E-state index is 0.0666. The molecule has 1 unspecified atom stereocenters. The highest BCUT2D eigenvalue weighted by Crippen LogP contribution is 2.27. The molecule has 0 radical (unpaired) electrons. The van der Waals surface area contributed by atoms with Crippen LogP contribution in [0.2, 0.25) is 0 Å². The summed E-state index contributed by atoms with van der Waals surface area (Å²) in [4.78, 5) is 56.1. The number of nitrogens with one attached hydrogen (secondary N) is 5. The van der Waals surface area contributed by atoms with E-state index in [4.69, 9.17) is 14.9 Å². The zero-order chi connectivity index (χ0) is 29.1. The summed E-state index contributed by atoms with van der Waals surface area (Å²) in [5.41, 5.74) is 1.000. The number of amidine groups is 1. The van der Waals surface area contributed by atoms with Crippen molar-refractivity contribution in [2.45, 2.75) is 71.2 Å². The summed E-state index contributed by atoms with van der Waals surface area (Å²) in [5.74, 6) is -0.867. The second-order valence-electron chi connectivity index (χ2n) is 11.0. The van der Waals surface area contributed by atoms with Crippen LogP contribution in [-0.2, 0) is 14.3 Å². The van der Waals surface area contributed by atoms with E-state index < -0.39 is 42.0 Å². The molecule has 216 valence electrons. The average molecular weight is 555 g/mol. The van der Waals surface area contributed by atoms with Crippen LogP contribution in [0.5, 0.6) is 5.75 Å². The largest absolute Gasteiger partial charge is 0.496 e. The zero-order valence-corrected chi connectivity index (χ0v) is 23.5. The number of carbonyl (C=O) groups is 4. The topological polar surface area (TPSA) is 166 Å². The minimum atomic E-state index is -1.05. The number of carbonyl (C=O) groups excluding carboxylic acids is 4. The van der Waals surface area contributed by atoms with Crippen molar-refractivity contribution in [1.29, 1.82) is 5.41 Å². The fourth-order valence-electron chi connectivity index (χ4n) is 5.30. The van der Waals surface area contributed by atoms with E-state index in [0.717, 1.165) is 10.9 Å². The first-order valence-corrected chi connectivity index (χ1v) is 13.6. The molecular formula is C28H38N6O6. The van der Waals surface area contributed by atoms with Crippen LogP contribution >= 0.6 is 0 Å². The lowest BCUT2D eigenvalue weighted by Crippen LogP contribution is -2.55. The molecule has 5 N–H and O–H groups in total. The number of hydrogen-bond donors (Lipinski definition) is 5. The van der Waals surface area contributed by atoms with Gasteiger partial charge in [0.05, 0.1) is 13.2 Å². The molecule has 0 bridgehead atoms. The number of cyclic esters (lactones) is 1. The maximum Gasteiger partial charge on any atom is 0.416 e. The highest BCUT2D eigenvalue weighted by molar-refractivity contribution is 6.03.